The summed E-state index contributed by atoms with van der Waals surface area (Å²) in [6.45, 7) is 4.30. The highest BCUT2D eigenvalue weighted by Crippen LogP contribution is 2.39. The second-order valence-electron chi connectivity index (χ2n) is 9.50. The summed E-state index contributed by atoms with van der Waals surface area (Å²) in [4.78, 5) is 26.5. The van der Waals surface area contributed by atoms with Crippen LogP contribution >= 0.6 is 0 Å². The van der Waals surface area contributed by atoms with Gasteiger partial charge in [0.25, 0.3) is 5.91 Å². The minimum atomic E-state index is -0.387. The number of rotatable bonds is 7. The number of fused-ring (bicyclic) bond motifs is 1. The van der Waals surface area contributed by atoms with Gasteiger partial charge in [-0.2, -0.15) is 0 Å². The molecule has 0 atom stereocenters. The van der Waals surface area contributed by atoms with Gasteiger partial charge >= 0.3 is 0 Å². The quantitative estimate of drug-likeness (QED) is 0.327. The van der Waals surface area contributed by atoms with Gasteiger partial charge in [0.15, 0.2) is 5.82 Å². The number of pyridine rings is 1. The Labute approximate surface area is 224 Å². The van der Waals surface area contributed by atoms with E-state index < -0.39 is 0 Å². The van der Waals surface area contributed by atoms with Crippen molar-refractivity contribution >= 4 is 16.9 Å². The Hall–Kier alpha value is -4.73. The number of carbonyl (C=O) groups excluding carboxylic acids is 1. The molecule has 1 N–H and O–H groups in total. The zero-order valence-corrected chi connectivity index (χ0v) is 21.5. The van der Waals surface area contributed by atoms with E-state index in [2.05, 4.69) is 30.5 Å². The summed E-state index contributed by atoms with van der Waals surface area (Å²) >= 11 is 0. The van der Waals surface area contributed by atoms with Crippen molar-refractivity contribution in [1.29, 1.82) is 0 Å². The molecule has 1 amide bonds. The number of hydrogen-bond acceptors (Lipinski definition) is 7. The Kier molecular flexibility index (Phi) is 6.44. The van der Waals surface area contributed by atoms with Crippen LogP contribution in [-0.4, -0.2) is 48.3 Å². The molecule has 0 saturated heterocycles. The van der Waals surface area contributed by atoms with Crippen molar-refractivity contribution in [3.05, 3.63) is 89.9 Å². The lowest BCUT2D eigenvalue weighted by molar-refractivity contribution is 0.0908. The smallest absolute Gasteiger partial charge is 0.253 e. The Morgan fingerprint density at radius 3 is 2.67 bits per heavy atom. The molecule has 3 heterocycles. The van der Waals surface area contributed by atoms with Crippen LogP contribution < -0.4 is 10.1 Å². The van der Waals surface area contributed by atoms with E-state index in [4.69, 9.17) is 4.74 Å². The van der Waals surface area contributed by atoms with Gasteiger partial charge in [0, 0.05) is 18.2 Å². The van der Waals surface area contributed by atoms with Gasteiger partial charge in [-0.1, -0.05) is 18.2 Å². The van der Waals surface area contributed by atoms with E-state index in [0.717, 1.165) is 5.69 Å². The number of nitrogens with zero attached hydrogens (tertiary/aromatic N) is 6. The summed E-state index contributed by atoms with van der Waals surface area (Å²) < 4.78 is 22.2. The summed E-state index contributed by atoms with van der Waals surface area (Å²) in [6.07, 6.45) is 4.56. The highest BCUT2D eigenvalue weighted by Gasteiger charge is 2.37. The van der Waals surface area contributed by atoms with E-state index in [1.807, 2.05) is 26.0 Å². The molecular weight excluding hydrogens is 497 g/mol. The fourth-order valence-electron chi connectivity index (χ4n) is 4.89. The third-order valence-electron chi connectivity index (χ3n) is 6.83. The lowest BCUT2D eigenvalue weighted by Crippen LogP contribution is -2.44. The van der Waals surface area contributed by atoms with Crippen LogP contribution in [0.25, 0.3) is 28.2 Å². The first-order valence-electron chi connectivity index (χ1n) is 12.8. The van der Waals surface area contributed by atoms with Crippen LogP contribution in [0.3, 0.4) is 0 Å². The molecule has 196 valence electrons. The Balaban J connectivity index is 1.25. The van der Waals surface area contributed by atoms with Gasteiger partial charge in [-0.3, -0.25) is 14.3 Å². The maximum absolute atomic E-state index is 15.0. The molecule has 2 aromatic carbocycles. The molecule has 1 fully saturated rings. The molecule has 39 heavy (non-hydrogen) atoms. The maximum atomic E-state index is 15.0. The molecule has 10 heteroatoms. The van der Waals surface area contributed by atoms with Gasteiger partial charge in [-0.25, -0.2) is 14.4 Å². The van der Waals surface area contributed by atoms with Crippen molar-refractivity contribution in [2.24, 2.45) is 0 Å². The van der Waals surface area contributed by atoms with Crippen LogP contribution in [-0.2, 0) is 0 Å². The average Bonchev–Trinajstić information content (AvgIpc) is 3.35. The topological polar surface area (TPSA) is 108 Å². The highest BCUT2D eigenvalue weighted by molar-refractivity contribution is 6.04. The predicted molar refractivity (Wildman–Crippen MR) is 143 cm³/mol. The number of benzene rings is 2. The molecule has 0 radical (unpaired) electrons. The molecular formula is C29H26FN7O2. The van der Waals surface area contributed by atoms with Gasteiger partial charge in [0.05, 0.1) is 35.3 Å². The van der Waals surface area contributed by atoms with Crippen LogP contribution in [0.4, 0.5) is 4.39 Å². The van der Waals surface area contributed by atoms with Gasteiger partial charge in [0.2, 0.25) is 0 Å². The van der Waals surface area contributed by atoms with Gasteiger partial charge in [-0.05, 0) is 63.1 Å². The lowest BCUT2D eigenvalue weighted by atomic mass is 9.79. The predicted octanol–water partition coefficient (Wildman–Crippen LogP) is 4.79. The van der Waals surface area contributed by atoms with E-state index in [-0.39, 0.29) is 23.7 Å². The fraction of sp³-hybridized carbons (Fsp3) is 0.241. The molecule has 0 aliphatic heterocycles. The zero-order valence-electron chi connectivity index (χ0n) is 21.5. The Morgan fingerprint density at radius 1 is 1.05 bits per heavy atom. The molecule has 6 rings (SSSR count). The molecule has 0 spiro atoms. The first-order chi connectivity index (χ1) is 19.0. The van der Waals surface area contributed by atoms with Crippen LogP contribution in [0.1, 0.15) is 47.6 Å². The largest absolute Gasteiger partial charge is 0.492 e. The number of aryl methyl sites for hydroxylation is 1. The number of para-hydroxylation sites is 2. The Bertz CT molecular complexity index is 1660. The molecule has 5 aromatic rings. The number of nitrogens with one attached hydrogen (secondary N) is 1. The molecule has 1 aliphatic carbocycles. The number of amides is 1. The zero-order chi connectivity index (χ0) is 26.9. The van der Waals surface area contributed by atoms with Gasteiger partial charge < -0.3 is 10.1 Å². The van der Waals surface area contributed by atoms with E-state index in [9.17, 15) is 9.18 Å². The first kappa shape index (κ1) is 24.6. The van der Waals surface area contributed by atoms with E-state index >= 15 is 0 Å². The third-order valence-corrected chi connectivity index (χ3v) is 6.83. The van der Waals surface area contributed by atoms with Crippen LogP contribution in [0.5, 0.6) is 5.75 Å². The lowest BCUT2D eigenvalue weighted by Gasteiger charge is -2.35. The summed E-state index contributed by atoms with van der Waals surface area (Å²) in [5.74, 6) is 1.11. The van der Waals surface area contributed by atoms with Crippen molar-refractivity contribution in [1.82, 2.24) is 35.0 Å². The van der Waals surface area contributed by atoms with Crippen molar-refractivity contribution in [2.75, 3.05) is 6.61 Å². The molecule has 9 nitrogen and oxygen atoms in total. The number of halogens is 1. The average molecular weight is 524 g/mol. The second-order valence-corrected chi connectivity index (χ2v) is 9.50. The molecule has 3 aromatic heterocycles. The van der Waals surface area contributed by atoms with Gasteiger partial charge in [0.1, 0.15) is 28.6 Å². The normalized spacial score (nSPS) is 16.6. The summed E-state index contributed by atoms with van der Waals surface area (Å²) in [6, 6.07) is 15.5. The van der Waals surface area contributed by atoms with Crippen molar-refractivity contribution < 1.29 is 13.9 Å². The van der Waals surface area contributed by atoms with Gasteiger partial charge in [-0.15, -0.1) is 10.2 Å². The monoisotopic (exact) mass is 523 g/mol. The summed E-state index contributed by atoms with van der Waals surface area (Å²) in [5, 5.41) is 12.0. The summed E-state index contributed by atoms with van der Waals surface area (Å²) in [7, 11) is 0. The SMILES string of the molecule is CCOc1ccc(-c2nnc(C3CC(NC(=O)c4cccc5nc(C)cnc45)C3)n2-c2ccccc2F)nc1. The summed E-state index contributed by atoms with van der Waals surface area (Å²) in [5.41, 5.74) is 3.44. The number of aromatic nitrogens is 6. The van der Waals surface area contributed by atoms with Crippen LogP contribution in [0.15, 0.2) is 67.0 Å². The minimum Gasteiger partial charge on any atom is -0.492 e. The molecule has 1 aliphatic rings. The third kappa shape index (κ3) is 4.69. The highest BCUT2D eigenvalue weighted by atomic mass is 19.1. The van der Waals surface area contributed by atoms with E-state index in [1.165, 1.54) is 6.07 Å². The van der Waals surface area contributed by atoms with Crippen LogP contribution in [0, 0.1) is 12.7 Å². The Morgan fingerprint density at radius 2 is 1.90 bits per heavy atom. The molecule has 0 unspecified atom stereocenters. The standard InChI is InChI=1S/C29H26FN7O2/c1-3-39-20-11-12-24(31-16-20)28-36-35-27(37(28)25-10-5-4-8-22(25)30)18-13-19(14-18)34-29(38)21-7-6-9-23-26(21)32-15-17(2)33-23/h4-12,15-16,18-19H,3,13-14H2,1-2H3,(H,34,38). The maximum Gasteiger partial charge on any atom is 0.253 e. The molecule has 1 saturated carbocycles. The fourth-order valence-corrected chi connectivity index (χ4v) is 4.89. The number of ether oxygens (including phenoxy) is 1. The van der Waals surface area contributed by atoms with Crippen molar-refractivity contribution in [3.8, 4) is 23.0 Å². The van der Waals surface area contributed by atoms with Crippen LogP contribution in [0.2, 0.25) is 0 Å². The van der Waals surface area contributed by atoms with Crippen molar-refractivity contribution in [3.63, 3.8) is 0 Å². The van der Waals surface area contributed by atoms with Crippen molar-refractivity contribution in [2.45, 2.75) is 38.6 Å². The first-order valence-corrected chi connectivity index (χ1v) is 12.8. The van der Waals surface area contributed by atoms with E-state index in [1.54, 1.807) is 53.4 Å². The second kappa shape index (κ2) is 10.2. The van der Waals surface area contributed by atoms with E-state index in [0.29, 0.717) is 64.8 Å². The minimum absolute atomic E-state index is 0.0196. The number of hydrogen-bond donors (Lipinski definition) is 1. The molecule has 0 bridgehead atoms. The number of carbonyl (C=O) groups is 1.